The topological polar surface area (TPSA) is 47.5 Å². The third kappa shape index (κ3) is 4.16. The maximum absolute atomic E-state index is 13.7. The van der Waals surface area contributed by atoms with Crippen LogP contribution in [0.4, 0.5) is 19.1 Å². The quantitative estimate of drug-likeness (QED) is 0.627. The molecular weight excluding hydrogens is 407 g/mol. The van der Waals surface area contributed by atoms with Crippen LogP contribution in [-0.2, 0) is 6.18 Å². The summed E-state index contributed by atoms with van der Waals surface area (Å²) in [6, 6.07) is 6.11. The SMILES string of the molecule is COc1ccc(-c2cc(C(F)(F)F)nc(N3C[C@]4(C)C[C@H]3CC(C)(C)C4)n2)cc1OC. The molecule has 2 atom stereocenters. The van der Waals surface area contributed by atoms with Crippen LogP contribution in [-0.4, -0.2) is 36.8 Å². The maximum atomic E-state index is 13.7. The van der Waals surface area contributed by atoms with E-state index in [1.807, 2.05) is 4.90 Å². The van der Waals surface area contributed by atoms with E-state index in [-0.39, 0.29) is 28.5 Å². The third-order valence-corrected chi connectivity index (χ3v) is 6.36. The number of rotatable bonds is 4. The van der Waals surface area contributed by atoms with Gasteiger partial charge in [-0.2, -0.15) is 13.2 Å². The number of nitrogens with zero attached hydrogens (tertiary/aromatic N) is 3. The molecule has 31 heavy (non-hydrogen) atoms. The normalized spacial score (nSPS) is 24.9. The van der Waals surface area contributed by atoms with Crippen LogP contribution in [0, 0.1) is 10.8 Å². The molecule has 0 unspecified atom stereocenters. The second-order valence-electron chi connectivity index (χ2n) is 9.85. The minimum Gasteiger partial charge on any atom is -0.493 e. The highest BCUT2D eigenvalue weighted by atomic mass is 19.4. The molecule has 2 fully saturated rings. The molecule has 2 heterocycles. The monoisotopic (exact) mass is 435 g/mol. The highest BCUT2D eigenvalue weighted by Gasteiger charge is 2.50. The smallest absolute Gasteiger partial charge is 0.433 e. The summed E-state index contributed by atoms with van der Waals surface area (Å²) in [5.41, 5.74) is -0.0221. The van der Waals surface area contributed by atoms with Crippen molar-refractivity contribution in [3.63, 3.8) is 0 Å². The molecule has 0 radical (unpaired) electrons. The minimum absolute atomic E-state index is 0.0491. The summed E-state index contributed by atoms with van der Waals surface area (Å²) in [5.74, 6) is 1.08. The molecule has 8 heteroatoms. The number of alkyl halides is 3. The Balaban J connectivity index is 1.80. The van der Waals surface area contributed by atoms with E-state index in [1.165, 1.54) is 14.2 Å². The summed E-state index contributed by atoms with van der Waals surface area (Å²) >= 11 is 0. The predicted molar refractivity (Wildman–Crippen MR) is 112 cm³/mol. The van der Waals surface area contributed by atoms with Gasteiger partial charge in [0.2, 0.25) is 5.95 Å². The molecule has 2 aliphatic rings. The van der Waals surface area contributed by atoms with Crippen molar-refractivity contribution in [2.75, 3.05) is 25.7 Å². The fourth-order valence-corrected chi connectivity index (χ4v) is 5.55. The Morgan fingerprint density at radius 2 is 1.71 bits per heavy atom. The van der Waals surface area contributed by atoms with Gasteiger partial charge in [0, 0.05) is 18.2 Å². The van der Waals surface area contributed by atoms with Crippen molar-refractivity contribution in [2.24, 2.45) is 10.8 Å². The largest absolute Gasteiger partial charge is 0.493 e. The van der Waals surface area contributed by atoms with Crippen LogP contribution in [0.25, 0.3) is 11.3 Å². The number of aromatic nitrogens is 2. The molecule has 5 nitrogen and oxygen atoms in total. The highest BCUT2D eigenvalue weighted by Crippen LogP contribution is 2.53. The van der Waals surface area contributed by atoms with E-state index in [1.54, 1.807) is 18.2 Å². The van der Waals surface area contributed by atoms with E-state index in [2.05, 4.69) is 30.7 Å². The zero-order chi connectivity index (χ0) is 22.6. The summed E-state index contributed by atoms with van der Waals surface area (Å²) in [6.07, 6.45) is -1.68. The van der Waals surface area contributed by atoms with Crippen LogP contribution in [0.3, 0.4) is 0 Å². The maximum Gasteiger partial charge on any atom is 0.433 e. The fourth-order valence-electron chi connectivity index (χ4n) is 5.55. The lowest BCUT2D eigenvalue weighted by Crippen LogP contribution is -2.35. The van der Waals surface area contributed by atoms with Crippen LogP contribution < -0.4 is 14.4 Å². The molecule has 1 aliphatic carbocycles. The summed E-state index contributed by atoms with van der Waals surface area (Å²) in [7, 11) is 3.00. The predicted octanol–water partition coefficient (Wildman–Crippen LogP) is 5.58. The number of hydrogen-bond acceptors (Lipinski definition) is 5. The number of ether oxygens (including phenoxy) is 2. The van der Waals surface area contributed by atoms with E-state index in [9.17, 15) is 13.2 Å². The fraction of sp³-hybridized carbons (Fsp3) is 0.565. The summed E-state index contributed by atoms with van der Waals surface area (Å²) in [6.45, 7) is 7.32. The molecule has 168 valence electrons. The Kier molecular flexibility index (Phi) is 5.10. The zero-order valence-corrected chi connectivity index (χ0v) is 18.5. The molecule has 0 spiro atoms. The Labute approximate surface area is 180 Å². The van der Waals surface area contributed by atoms with Gasteiger partial charge < -0.3 is 14.4 Å². The van der Waals surface area contributed by atoms with E-state index >= 15 is 0 Å². The Hall–Kier alpha value is -2.51. The number of benzene rings is 1. The molecule has 1 aromatic heterocycles. The van der Waals surface area contributed by atoms with Crippen molar-refractivity contribution in [3.05, 3.63) is 30.0 Å². The average Bonchev–Trinajstić information content (AvgIpc) is 2.95. The van der Waals surface area contributed by atoms with Crippen LogP contribution in [0.5, 0.6) is 11.5 Å². The molecule has 0 amide bonds. The van der Waals surface area contributed by atoms with Gasteiger partial charge in [-0.3, -0.25) is 0 Å². The molecule has 1 saturated carbocycles. The first kappa shape index (κ1) is 21.7. The molecule has 1 aliphatic heterocycles. The average molecular weight is 435 g/mol. The first-order valence-electron chi connectivity index (χ1n) is 10.4. The lowest BCUT2D eigenvalue weighted by Gasteiger charge is -2.39. The number of methoxy groups -OCH3 is 2. The van der Waals surface area contributed by atoms with Gasteiger partial charge in [0.05, 0.1) is 19.9 Å². The van der Waals surface area contributed by atoms with Crippen molar-refractivity contribution in [3.8, 4) is 22.8 Å². The lowest BCUT2D eigenvalue weighted by molar-refractivity contribution is -0.141. The summed E-state index contributed by atoms with van der Waals surface area (Å²) < 4.78 is 51.7. The van der Waals surface area contributed by atoms with Crippen molar-refractivity contribution in [1.82, 2.24) is 9.97 Å². The van der Waals surface area contributed by atoms with Crippen LogP contribution in [0.2, 0.25) is 0 Å². The molecule has 4 rings (SSSR count). The van der Waals surface area contributed by atoms with Crippen molar-refractivity contribution < 1.29 is 22.6 Å². The van der Waals surface area contributed by atoms with Crippen molar-refractivity contribution in [2.45, 2.75) is 52.3 Å². The van der Waals surface area contributed by atoms with E-state index in [0.29, 0.717) is 23.6 Å². The summed E-state index contributed by atoms with van der Waals surface area (Å²) in [4.78, 5) is 10.5. The number of halogens is 3. The number of fused-ring (bicyclic) bond motifs is 2. The molecule has 2 bridgehead atoms. The van der Waals surface area contributed by atoms with Gasteiger partial charge >= 0.3 is 6.18 Å². The minimum atomic E-state index is -4.57. The third-order valence-electron chi connectivity index (χ3n) is 6.36. The van der Waals surface area contributed by atoms with Gasteiger partial charge in [-0.1, -0.05) is 20.8 Å². The summed E-state index contributed by atoms with van der Waals surface area (Å²) in [5, 5.41) is 0. The molecule has 2 aromatic rings. The van der Waals surface area contributed by atoms with Crippen LogP contribution in [0.15, 0.2) is 24.3 Å². The number of hydrogen-bond donors (Lipinski definition) is 0. The van der Waals surface area contributed by atoms with E-state index < -0.39 is 11.9 Å². The van der Waals surface area contributed by atoms with Gasteiger partial charge in [-0.25, -0.2) is 9.97 Å². The van der Waals surface area contributed by atoms with E-state index in [4.69, 9.17) is 9.47 Å². The van der Waals surface area contributed by atoms with Gasteiger partial charge in [-0.05, 0) is 54.4 Å². The number of anilines is 1. The first-order chi connectivity index (χ1) is 14.4. The molecule has 1 saturated heterocycles. The van der Waals surface area contributed by atoms with Crippen LogP contribution >= 0.6 is 0 Å². The molecular formula is C23H28F3N3O2. The second-order valence-corrected chi connectivity index (χ2v) is 9.85. The molecule has 0 N–H and O–H groups in total. The molecule has 1 aromatic carbocycles. The highest BCUT2D eigenvalue weighted by molar-refractivity contribution is 5.65. The Morgan fingerprint density at radius 1 is 1.00 bits per heavy atom. The Morgan fingerprint density at radius 3 is 2.35 bits per heavy atom. The van der Waals surface area contributed by atoms with Gasteiger partial charge in [0.15, 0.2) is 17.2 Å². The van der Waals surface area contributed by atoms with Gasteiger partial charge in [0.1, 0.15) is 0 Å². The van der Waals surface area contributed by atoms with E-state index in [0.717, 1.165) is 25.3 Å². The van der Waals surface area contributed by atoms with Crippen molar-refractivity contribution in [1.29, 1.82) is 0 Å². The van der Waals surface area contributed by atoms with Gasteiger partial charge in [-0.15, -0.1) is 0 Å². The lowest BCUT2D eigenvalue weighted by atomic mass is 9.65. The van der Waals surface area contributed by atoms with Crippen LogP contribution in [0.1, 0.15) is 45.7 Å². The standard InChI is InChI=1S/C23H28F3N3O2/c1-21(2)10-15-11-22(3,12-21)13-29(15)20-27-16(9-19(28-20)23(24,25)26)14-6-7-17(30-4)18(8-14)31-5/h6-9,15H,10-13H2,1-5H3/t15-,22-/m1/s1. The zero-order valence-electron chi connectivity index (χ0n) is 18.5. The Bertz CT molecular complexity index is 993. The van der Waals surface area contributed by atoms with Crippen molar-refractivity contribution >= 4 is 5.95 Å². The van der Waals surface area contributed by atoms with Gasteiger partial charge in [0.25, 0.3) is 0 Å². The second kappa shape index (κ2) is 7.28. The first-order valence-corrected chi connectivity index (χ1v) is 10.4.